The Morgan fingerprint density at radius 1 is 1.05 bits per heavy atom. The Labute approximate surface area is 125 Å². The lowest BCUT2D eigenvalue weighted by Crippen LogP contribution is -2.34. The van der Waals surface area contributed by atoms with E-state index in [2.05, 4.69) is 60.5 Å². The first-order valence-electron chi connectivity index (χ1n) is 7.21. The molecule has 21 heavy (non-hydrogen) atoms. The van der Waals surface area contributed by atoms with Crippen LogP contribution in [0.3, 0.4) is 0 Å². The van der Waals surface area contributed by atoms with Gasteiger partial charge in [0.1, 0.15) is 0 Å². The molecule has 0 radical (unpaired) electrons. The van der Waals surface area contributed by atoms with E-state index in [1.165, 1.54) is 21.9 Å². The lowest BCUT2D eigenvalue weighted by Gasteiger charge is -2.34. The van der Waals surface area contributed by atoms with Crippen LogP contribution in [0.1, 0.15) is 17.2 Å². The molecule has 2 aromatic rings. The highest BCUT2D eigenvalue weighted by Crippen LogP contribution is 2.38. The molecule has 106 valence electrons. The van der Waals surface area contributed by atoms with Crippen molar-refractivity contribution < 1.29 is 0 Å². The number of benzene rings is 2. The van der Waals surface area contributed by atoms with Gasteiger partial charge in [-0.15, -0.1) is 13.2 Å². The molecule has 2 heteroatoms. The third-order valence-electron chi connectivity index (χ3n) is 3.99. The second-order valence-electron chi connectivity index (χ2n) is 5.37. The number of nitrogens with zero attached hydrogens (tertiary/aromatic N) is 1. The summed E-state index contributed by atoms with van der Waals surface area (Å²) in [5, 5.41) is 2.56. The van der Waals surface area contributed by atoms with Gasteiger partial charge in [-0.05, 0) is 28.0 Å². The lowest BCUT2D eigenvalue weighted by molar-refractivity contribution is 0.274. The highest BCUT2D eigenvalue weighted by molar-refractivity contribution is 5.96. The van der Waals surface area contributed by atoms with Crippen molar-refractivity contribution >= 4 is 16.8 Å². The molecule has 1 aliphatic carbocycles. The van der Waals surface area contributed by atoms with Crippen LogP contribution in [0.5, 0.6) is 0 Å². The van der Waals surface area contributed by atoms with Crippen LogP contribution in [0.4, 0.5) is 0 Å². The van der Waals surface area contributed by atoms with Gasteiger partial charge >= 0.3 is 0 Å². The Morgan fingerprint density at radius 2 is 1.71 bits per heavy atom. The molecule has 0 aromatic heterocycles. The first-order chi connectivity index (χ1) is 10.3. The number of rotatable bonds is 5. The standard InChI is InChI=1S/C19H20N2/c1-3-11-21(12-4-2)19-16-10-6-8-14-7-5-9-15(18(14)16)13-17(19)20/h3-10,13,19H,1-2,11-12,20H2. The fourth-order valence-corrected chi connectivity index (χ4v) is 3.21. The number of nitrogens with two attached hydrogens (primary N) is 1. The normalized spacial score (nSPS) is 16.8. The Bertz CT molecular complexity index is 712. The number of hydrogen-bond acceptors (Lipinski definition) is 2. The van der Waals surface area contributed by atoms with Crippen LogP contribution in [0, 0.1) is 0 Å². The van der Waals surface area contributed by atoms with E-state index in [0.717, 1.165) is 18.8 Å². The smallest absolute Gasteiger partial charge is 0.0760 e. The van der Waals surface area contributed by atoms with E-state index in [1.54, 1.807) is 0 Å². The van der Waals surface area contributed by atoms with E-state index in [9.17, 15) is 0 Å². The van der Waals surface area contributed by atoms with Gasteiger partial charge in [-0.25, -0.2) is 0 Å². The molecule has 1 unspecified atom stereocenters. The summed E-state index contributed by atoms with van der Waals surface area (Å²) in [5.41, 5.74) is 9.73. The number of hydrogen-bond donors (Lipinski definition) is 1. The SMILES string of the molecule is C=CCN(CC=C)C1C(N)=Cc2cccc3cccc1c23. The molecule has 0 spiro atoms. The molecule has 0 aliphatic heterocycles. The van der Waals surface area contributed by atoms with Crippen LogP contribution < -0.4 is 5.73 Å². The maximum atomic E-state index is 6.38. The predicted molar refractivity (Wildman–Crippen MR) is 90.8 cm³/mol. The van der Waals surface area contributed by atoms with E-state index in [-0.39, 0.29) is 6.04 Å². The Balaban J connectivity index is 2.19. The minimum Gasteiger partial charge on any atom is -0.400 e. The molecular weight excluding hydrogens is 256 g/mol. The molecule has 0 amide bonds. The minimum atomic E-state index is 0.0830. The maximum absolute atomic E-state index is 6.38. The quantitative estimate of drug-likeness (QED) is 0.840. The first kappa shape index (κ1) is 13.7. The van der Waals surface area contributed by atoms with Gasteiger partial charge in [0.05, 0.1) is 6.04 Å². The summed E-state index contributed by atoms with van der Waals surface area (Å²) in [7, 11) is 0. The molecule has 2 aromatic carbocycles. The van der Waals surface area contributed by atoms with Gasteiger partial charge in [0.2, 0.25) is 0 Å². The molecule has 0 saturated carbocycles. The summed E-state index contributed by atoms with van der Waals surface area (Å²) in [6, 6.07) is 12.9. The summed E-state index contributed by atoms with van der Waals surface area (Å²) in [6.07, 6.45) is 5.92. The van der Waals surface area contributed by atoms with Crippen LogP contribution in [0.25, 0.3) is 16.8 Å². The van der Waals surface area contributed by atoms with Crippen LogP contribution in [0.2, 0.25) is 0 Å². The summed E-state index contributed by atoms with van der Waals surface area (Å²) < 4.78 is 0. The van der Waals surface area contributed by atoms with Gasteiger partial charge in [-0.2, -0.15) is 0 Å². The Kier molecular flexibility index (Phi) is 3.63. The molecule has 0 saturated heterocycles. The van der Waals surface area contributed by atoms with E-state index in [1.807, 2.05) is 12.2 Å². The maximum Gasteiger partial charge on any atom is 0.0760 e. The van der Waals surface area contributed by atoms with Crippen LogP contribution in [0.15, 0.2) is 67.4 Å². The summed E-state index contributed by atoms with van der Waals surface area (Å²) in [5.74, 6) is 0. The molecule has 3 rings (SSSR count). The molecule has 2 nitrogen and oxygen atoms in total. The monoisotopic (exact) mass is 276 g/mol. The molecule has 1 atom stereocenters. The molecule has 0 fully saturated rings. The van der Waals surface area contributed by atoms with E-state index < -0.39 is 0 Å². The van der Waals surface area contributed by atoms with Crippen LogP contribution in [-0.4, -0.2) is 18.0 Å². The van der Waals surface area contributed by atoms with Gasteiger partial charge in [0.25, 0.3) is 0 Å². The highest BCUT2D eigenvalue weighted by Gasteiger charge is 2.26. The molecule has 0 heterocycles. The minimum absolute atomic E-state index is 0.0830. The van der Waals surface area contributed by atoms with Crippen molar-refractivity contribution in [3.05, 3.63) is 78.5 Å². The van der Waals surface area contributed by atoms with E-state index in [0.29, 0.717) is 0 Å². The largest absolute Gasteiger partial charge is 0.400 e. The van der Waals surface area contributed by atoms with Crippen molar-refractivity contribution in [3.8, 4) is 0 Å². The van der Waals surface area contributed by atoms with Crippen molar-refractivity contribution in [2.45, 2.75) is 6.04 Å². The van der Waals surface area contributed by atoms with Crippen molar-refractivity contribution in [2.24, 2.45) is 5.73 Å². The zero-order valence-corrected chi connectivity index (χ0v) is 12.1. The summed E-state index contributed by atoms with van der Waals surface area (Å²) >= 11 is 0. The molecule has 0 bridgehead atoms. The fraction of sp³-hybridized carbons (Fsp3) is 0.158. The van der Waals surface area contributed by atoms with Crippen molar-refractivity contribution in [1.82, 2.24) is 4.90 Å². The van der Waals surface area contributed by atoms with Gasteiger partial charge in [-0.3, -0.25) is 4.90 Å². The van der Waals surface area contributed by atoms with Gasteiger partial charge < -0.3 is 5.73 Å². The molecule has 2 N–H and O–H groups in total. The van der Waals surface area contributed by atoms with E-state index >= 15 is 0 Å². The average molecular weight is 276 g/mol. The van der Waals surface area contributed by atoms with Crippen LogP contribution in [-0.2, 0) is 0 Å². The van der Waals surface area contributed by atoms with Gasteiger partial charge in [0.15, 0.2) is 0 Å². The zero-order chi connectivity index (χ0) is 14.8. The Morgan fingerprint density at radius 3 is 2.38 bits per heavy atom. The fourth-order valence-electron chi connectivity index (χ4n) is 3.21. The third-order valence-corrected chi connectivity index (χ3v) is 3.99. The summed E-state index contributed by atoms with van der Waals surface area (Å²) in [4.78, 5) is 2.29. The topological polar surface area (TPSA) is 29.3 Å². The first-order valence-corrected chi connectivity index (χ1v) is 7.21. The van der Waals surface area contributed by atoms with E-state index in [4.69, 9.17) is 5.73 Å². The lowest BCUT2D eigenvalue weighted by atomic mass is 9.87. The molecule has 1 aliphatic rings. The van der Waals surface area contributed by atoms with Crippen molar-refractivity contribution in [3.63, 3.8) is 0 Å². The summed E-state index contributed by atoms with van der Waals surface area (Å²) in [6.45, 7) is 9.28. The second-order valence-corrected chi connectivity index (χ2v) is 5.37. The van der Waals surface area contributed by atoms with Crippen LogP contribution >= 0.6 is 0 Å². The Hall–Kier alpha value is -2.32. The van der Waals surface area contributed by atoms with Crippen molar-refractivity contribution in [2.75, 3.05) is 13.1 Å². The van der Waals surface area contributed by atoms with Crippen molar-refractivity contribution in [1.29, 1.82) is 0 Å². The van der Waals surface area contributed by atoms with Gasteiger partial charge in [0, 0.05) is 18.8 Å². The second kappa shape index (κ2) is 5.58. The molecular formula is C19H20N2. The highest BCUT2D eigenvalue weighted by atomic mass is 15.2. The predicted octanol–water partition coefficient (Wildman–Crippen LogP) is 3.87. The van der Waals surface area contributed by atoms with Gasteiger partial charge in [-0.1, -0.05) is 48.6 Å². The average Bonchev–Trinajstić information content (AvgIpc) is 2.48. The third kappa shape index (κ3) is 2.28. The zero-order valence-electron chi connectivity index (χ0n) is 12.1.